The summed E-state index contributed by atoms with van der Waals surface area (Å²) >= 11 is 3.26. The van der Waals surface area contributed by atoms with Crippen LogP contribution in [0.5, 0.6) is 0 Å². The molecule has 0 saturated carbocycles. The summed E-state index contributed by atoms with van der Waals surface area (Å²) in [5.74, 6) is 2.19. The predicted molar refractivity (Wildman–Crippen MR) is 108 cm³/mol. The molecule has 0 saturated heterocycles. The number of Topliss-reactive ketones (excluding diaryl/α,β-unsaturated/α-hetero) is 1. The third-order valence-corrected chi connectivity index (χ3v) is 4.68. The van der Waals surface area contributed by atoms with E-state index in [1.807, 2.05) is 31.2 Å². The first kappa shape index (κ1) is 23.4. The first-order valence-corrected chi connectivity index (χ1v) is 10.0. The minimum atomic E-state index is -0.796. The number of alkyl halides is 1. The minimum absolute atomic E-state index is 0.0228. The van der Waals surface area contributed by atoms with Crippen LogP contribution >= 0.6 is 15.9 Å². The Hall–Kier alpha value is -1.68. The molecule has 0 aliphatic carbocycles. The Kier molecular flexibility index (Phi) is 11.0. The van der Waals surface area contributed by atoms with Crippen LogP contribution in [0.3, 0.4) is 0 Å². The maximum absolute atomic E-state index is 12.6. The van der Waals surface area contributed by atoms with Crippen LogP contribution in [0.1, 0.15) is 31.4 Å². The van der Waals surface area contributed by atoms with Gasteiger partial charge in [0, 0.05) is 6.42 Å². The lowest BCUT2D eigenvalue weighted by atomic mass is 9.79. The summed E-state index contributed by atoms with van der Waals surface area (Å²) in [5.41, 5.74) is 1.04. The average molecular weight is 439 g/mol. The number of esters is 1. The van der Waals surface area contributed by atoms with E-state index in [1.165, 1.54) is 0 Å². The van der Waals surface area contributed by atoms with Gasteiger partial charge in [-0.05, 0) is 31.4 Å². The van der Waals surface area contributed by atoms with E-state index in [0.29, 0.717) is 32.7 Å². The van der Waals surface area contributed by atoms with Gasteiger partial charge in [0.05, 0.1) is 37.2 Å². The van der Waals surface area contributed by atoms with Crippen molar-refractivity contribution < 1.29 is 23.8 Å². The zero-order valence-electron chi connectivity index (χ0n) is 16.0. The molecule has 0 N–H and O–H groups in total. The van der Waals surface area contributed by atoms with Gasteiger partial charge in [0.2, 0.25) is 0 Å². The highest BCUT2D eigenvalue weighted by Gasteiger charge is 2.34. The molecule has 0 fully saturated rings. The second-order valence-electron chi connectivity index (χ2n) is 6.20. The van der Waals surface area contributed by atoms with Gasteiger partial charge < -0.3 is 14.2 Å². The van der Waals surface area contributed by atoms with E-state index in [9.17, 15) is 9.59 Å². The third kappa shape index (κ3) is 7.84. The van der Waals surface area contributed by atoms with Crippen molar-refractivity contribution in [3.05, 3.63) is 35.4 Å². The van der Waals surface area contributed by atoms with Crippen molar-refractivity contribution in [1.82, 2.24) is 0 Å². The molecule has 6 heteroatoms. The van der Waals surface area contributed by atoms with Gasteiger partial charge in [0.15, 0.2) is 5.78 Å². The molecule has 1 aromatic carbocycles. The summed E-state index contributed by atoms with van der Waals surface area (Å²) < 4.78 is 15.8. The number of halogens is 1. The molecule has 27 heavy (non-hydrogen) atoms. The Morgan fingerprint density at radius 3 is 2.67 bits per heavy atom. The molecule has 5 nitrogen and oxygen atoms in total. The van der Waals surface area contributed by atoms with E-state index in [-0.39, 0.29) is 30.3 Å². The lowest BCUT2D eigenvalue weighted by Gasteiger charge is -2.28. The van der Waals surface area contributed by atoms with Crippen molar-refractivity contribution in [2.24, 2.45) is 0 Å². The third-order valence-electron chi connectivity index (χ3n) is 4.17. The number of terminal acetylenes is 1. The second-order valence-corrected chi connectivity index (χ2v) is 6.76. The molecule has 1 rings (SSSR count). The summed E-state index contributed by atoms with van der Waals surface area (Å²) in [6.07, 6.45) is 6.00. The lowest BCUT2D eigenvalue weighted by Crippen LogP contribution is -2.39. The standard InChI is InChI=1S/C21H27BrO5/c1-4-11-25-12-13-26-16-21(3,19(23)15-22)18-8-6-7-17(14-18)9-10-20(24)27-5-2/h1,6-8,14H,5,9-13,15-16H2,2-3H3. The van der Waals surface area contributed by atoms with Gasteiger partial charge >= 0.3 is 5.97 Å². The largest absolute Gasteiger partial charge is 0.466 e. The first-order valence-electron chi connectivity index (χ1n) is 8.91. The fourth-order valence-electron chi connectivity index (χ4n) is 2.55. The highest BCUT2D eigenvalue weighted by molar-refractivity contribution is 9.09. The van der Waals surface area contributed by atoms with Crippen molar-refractivity contribution in [3.63, 3.8) is 0 Å². The molecular weight excluding hydrogens is 412 g/mol. The van der Waals surface area contributed by atoms with Crippen molar-refractivity contribution in [3.8, 4) is 12.3 Å². The topological polar surface area (TPSA) is 61.8 Å². The lowest BCUT2D eigenvalue weighted by molar-refractivity contribution is -0.143. The van der Waals surface area contributed by atoms with Crippen LogP contribution in [0.2, 0.25) is 0 Å². The van der Waals surface area contributed by atoms with Gasteiger partial charge in [0.1, 0.15) is 6.61 Å². The number of hydrogen-bond donors (Lipinski definition) is 0. The monoisotopic (exact) mass is 438 g/mol. The van der Waals surface area contributed by atoms with Crippen molar-refractivity contribution >= 4 is 27.7 Å². The predicted octanol–water partition coefficient (Wildman–Crippen LogP) is 3.07. The van der Waals surface area contributed by atoms with Gasteiger partial charge in [-0.3, -0.25) is 9.59 Å². The van der Waals surface area contributed by atoms with Crippen LogP contribution in [-0.4, -0.2) is 50.1 Å². The number of carbonyl (C=O) groups is 2. The number of aryl methyl sites for hydroxylation is 1. The van der Waals surface area contributed by atoms with E-state index < -0.39 is 5.41 Å². The van der Waals surface area contributed by atoms with Gasteiger partial charge in [-0.25, -0.2) is 0 Å². The summed E-state index contributed by atoms with van der Waals surface area (Å²) in [5, 5.41) is 0.230. The zero-order valence-corrected chi connectivity index (χ0v) is 17.5. The van der Waals surface area contributed by atoms with E-state index in [4.69, 9.17) is 20.6 Å². The van der Waals surface area contributed by atoms with E-state index in [2.05, 4.69) is 21.9 Å². The second kappa shape index (κ2) is 12.7. The maximum Gasteiger partial charge on any atom is 0.306 e. The van der Waals surface area contributed by atoms with Crippen molar-refractivity contribution in [1.29, 1.82) is 0 Å². The maximum atomic E-state index is 12.6. The van der Waals surface area contributed by atoms with Gasteiger partial charge in [0.25, 0.3) is 0 Å². The first-order chi connectivity index (χ1) is 13.0. The SMILES string of the molecule is C#CCOCCOCC(C)(C(=O)CBr)c1cccc(CCC(=O)OCC)c1. The average Bonchev–Trinajstić information content (AvgIpc) is 2.68. The van der Waals surface area contributed by atoms with Gasteiger partial charge in [-0.15, -0.1) is 6.42 Å². The minimum Gasteiger partial charge on any atom is -0.466 e. The molecule has 0 bridgehead atoms. The zero-order chi connectivity index (χ0) is 20.1. The van der Waals surface area contributed by atoms with E-state index in [0.717, 1.165) is 11.1 Å². The van der Waals surface area contributed by atoms with Gasteiger partial charge in [-0.2, -0.15) is 0 Å². The summed E-state index contributed by atoms with van der Waals surface area (Å²) in [4.78, 5) is 24.2. The van der Waals surface area contributed by atoms with Crippen LogP contribution < -0.4 is 0 Å². The molecule has 1 atom stereocenters. The molecule has 0 aliphatic heterocycles. The van der Waals surface area contributed by atoms with Crippen molar-refractivity contribution in [2.45, 2.75) is 32.1 Å². The normalized spacial score (nSPS) is 12.8. The fourth-order valence-corrected chi connectivity index (χ4v) is 3.17. The molecule has 0 heterocycles. The highest BCUT2D eigenvalue weighted by Crippen LogP contribution is 2.27. The molecule has 0 spiro atoms. The van der Waals surface area contributed by atoms with Crippen LogP contribution in [-0.2, 0) is 35.6 Å². The number of rotatable bonds is 13. The Morgan fingerprint density at radius 2 is 2.00 bits per heavy atom. The van der Waals surface area contributed by atoms with Gasteiger partial charge in [-0.1, -0.05) is 46.1 Å². The van der Waals surface area contributed by atoms with E-state index in [1.54, 1.807) is 6.92 Å². The molecular formula is C21H27BrO5. The molecule has 0 aliphatic rings. The van der Waals surface area contributed by atoms with Crippen LogP contribution in [0.4, 0.5) is 0 Å². The van der Waals surface area contributed by atoms with Crippen molar-refractivity contribution in [2.75, 3.05) is 38.4 Å². The molecule has 1 unspecified atom stereocenters. The Morgan fingerprint density at radius 1 is 1.26 bits per heavy atom. The number of carbonyl (C=O) groups excluding carboxylic acids is 2. The Balaban J connectivity index is 2.80. The van der Waals surface area contributed by atoms with Crippen LogP contribution in [0.25, 0.3) is 0 Å². The number of ether oxygens (including phenoxy) is 3. The fraction of sp³-hybridized carbons (Fsp3) is 0.524. The molecule has 148 valence electrons. The summed E-state index contributed by atoms with van der Waals surface area (Å²) in [6.45, 7) is 5.23. The van der Waals surface area contributed by atoms with E-state index >= 15 is 0 Å². The number of hydrogen-bond acceptors (Lipinski definition) is 5. The Bertz CT molecular complexity index is 652. The smallest absolute Gasteiger partial charge is 0.306 e. The van der Waals surface area contributed by atoms with Crippen LogP contribution in [0, 0.1) is 12.3 Å². The molecule has 0 aromatic heterocycles. The number of ketones is 1. The Labute approximate surface area is 169 Å². The summed E-state index contributed by atoms with van der Waals surface area (Å²) in [6, 6.07) is 7.70. The van der Waals surface area contributed by atoms with Crippen LogP contribution in [0.15, 0.2) is 24.3 Å². The summed E-state index contributed by atoms with van der Waals surface area (Å²) in [7, 11) is 0. The molecule has 0 amide bonds. The quantitative estimate of drug-likeness (QED) is 0.205. The highest BCUT2D eigenvalue weighted by atomic mass is 79.9. The molecule has 0 radical (unpaired) electrons. The number of benzene rings is 1. The molecule has 1 aromatic rings.